The summed E-state index contributed by atoms with van der Waals surface area (Å²) in [4.78, 5) is 0. The van der Waals surface area contributed by atoms with E-state index < -0.39 is 0 Å². The van der Waals surface area contributed by atoms with E-state index in [1.807, 2.05) is 12.1 Å². The van der Waals surface area contributed by atoms with Crippen LogP contribution in [0.5, 0.6) is 0 Å². The van der Waals surface area contributed by atoms with Gasteiger partial charge in [0.05, 0.1) is 18.4 Å². The van der Waals surface area contributed by atoms with Gasteiger partial charge in [-0.3, -0.25) is 0 Å². The highest BCUT2D eigenvalue weighted by Gasteiger charge is 2.24. The molecule has 3 nitrogen and oxygen atoms in total. The lowest BCUT2D eigenvalue weighted by atomic mass is 9.92. The molecule has 0 amide bonds. The van der Waals surface area contributed by atoms with Crippen LogP contribution in [0.2, 0.25) is 0 Å². The van der Waals surface area contributed by atoms with Gasteiger partial charge in [0.2, 0.25) is 0 Å². The molecule has 2 N–H and O–H groups in total. The fourth-order valence-corrected chi connectivity index (χ4v) is 2.25. The van der Waals surface area contributed by atoms with E-state index in [9.17, 15) is 5.11 Å². The van der Waals surface area contributed by atoms with Crippen molar-refractivity contribution in [2.45, 2.75) is 50.8 Å². The minimum absolute atomic E-state index is 0.178. The predicted octanol–water partition coefficient (Wildman–Crippen LogP) is 2.23. The first-order valence-electron chi connectivity index (χ1n) is 5.75. The summed E-state index contributed by atoms with van der Waals surface area (Å²) in [6, 6.07) is 4.26. The van der Waals surface area contributed by atoms with E-state index in [0.717, 1.165) is 25.0 Å². The van der Waals surface area contributed by atoms with Gasteiger partial charge in [0.25, 0.3) is 0 Å². The van der Waals surface area contributed by atoms with Crippen molar-refractivity contribution in [3.05, 3.63) is 24.2 Å². The Balaban J connectivity index is 1.90. The minimum Gasteiger partial charge on any atom is -0.468 e. The van der Waals surface area contributed by atoms with Crippen molar-refractivity contribution < 1.29 is 9.52 Å². The van der Waals surface area contributed by atoms with Crippen LogP contribution in [0.15, 0.2) is 22.8 Å². The van der Waals surface area contributed by atoms with E-state index in [0.29, 0.717) is 0 Å². The van der Waals surface area contributed by atoms with Crippen molar-refractivity contribution in [2.75, 3.05) is 0 Å². The summed E-state index contributed by atoms with van der Waals surface area (Å²) in [6.07, 6.45) is 5.82. The molecule has 84 valence electrons. The number of aliphatic hydroxyl groups is 1. The van der Waals surface area contributed by atoms with Crippen molar-refractivity contribution in [3.8, 4) is 0 Å². The van der Waals surface area contributed by atoms with Gasteiger partial charge in [0, 0.05) is 6.04 Å². The fourth-order valence-electron chi connectivity index (χ4n) is 2.25. The molecule has 3 atom stereocenters. The highest BCUT2D eigenvalue weighted by molar-refractivity contribution is 5.03. The first-order chi connectivity index (χ1) is 7.27. The van der Waals surface area contributed by atoms with Gasteiger partial charge in [-0.15, -0.1) is 0 Å². The second-order valence-electron chi connectivity index (χ2n) is 4.36. The van der Waals surface area contributed by atoms with E-state index in [2.05, 4.69) is 12.2 Å². The fraction of sp³-hybridized carbons (Fsp3) is 0.667. The Morgan fingerprint density at radius 3 is 2.93 bits per heavy atom. The molecule has 0 spiro atoms. The number of hydrogen-bond donors (Lipinski definition) is 2. The van der Waals surface area contributed by atoms with Crippen LogP contribution in [0.1, 0.15) is 44.4 Å². The van der Waals surface area contributed by atoms with Gasteiger partial charge in [-0.1, -0.05) is 12.8 Å². The van der Waals surface area contributed by atoms with Gasteiger partial charge in [-0.2, -0.15) is 0 Å². The highest BCUT2D eigenvalue weighted by atomic mass is 16.3. The number of hydrogen-bond acceptors (Lipinski definition) is 3. The maximum Gasteiger partial charge on any atom is 0.120 e. The first kappa shape index (κ1) is 10.7. The molecule has 2 rings (SSSR count). The zero-order valence-electron chi connectivity index (χ0n) is 9.15. The first-order valence-corrected chi connectivity index (χ1v) is 5.75. The van der Waals surface area contributed by atoms with Crippen LogP contribution in [-0.4, -0.2) is 17.3 Å². The lowest BCUT2D eigenvalue weighted by molar-refractivity contribution is 0.0845. The number of furan rings is 1. The summed E-state index contributed by atoms with van der Waals surface area (Å²) in [5.74, 6) is 0.938. The van der Waals surface area contributed by atoms with Gasteiger partial charge in [0.1, 0.15) is 5.76 Å². The molecule has 0 aliphatic heterocycles. The van der Waals surface area contributed by atoms with Crippen LogP contribution in [-0.2, 0) is 0 Å². The Bertz CT molecular complexity index is 284. The van der Waals surface area contributed by atoms with Crippen molar-refractivity contribution >= 4 is 0 Å². The summed E-state index contributed by atoms with van der Waals surface area (Å²) in [7, 11) is 0. The van der Waals surface area contributed by atoms with Crippen LogP contribution in [0.4, 0.5) is 0 Å². The lowest BCUT2D eigenvalue weighted by Crippen LogP contribution is -2.43. The molecule has 0 unspecified atom stereocenters. The van der Waals surface area contributed by atoms with E-state index in [1.165, 1.54) is 6.42 Å². The zero-order chi connectivity index (χ0) is 10.7. The standard InChI is InChI=1S/C12H19NO2/c1-9(12-7-4-8-15-12)13-10-5-2-3-6-11(10)14/h4,7-11,13-14H,2-3,5-6H2,1H3/t9-,10-,11+/m0/s1. The third-order valence-corrected chi connectivity index (χ3v) is 3.16. The molecule has 3 heteroatoms. The van der Waals surface area contributed by atoms with Gasteiger partial charge >= 0.3 is 0 Å². The monoisotopic (exact) mass is 209 g/mol. The van der Waals surface area contributed by atoms with Crippen LogP contribution in [0.25, 0.3) is 0 Å². The molecular weight excluding hydrogens is 190 g/mol. The molecule has 1 fully saturated rings. The summed E-state index contributed by atoms with van der Waals surface area (Å²) in [6.45, 7) is 2.07. The molecule has 0 radical (unpaired) electrons. The third-order valence-electron chi connectivity index (χ3n) is 3.16. The smallest absolute Gasteiger partial charge is 0.120 e. The van der Waals surface area contributed by atoms with E-state index in [1.54, 1.807) is 6.26 Å². The maximum absolute atomic E-state index is 9.82. The quantitative estimate of drug-likeness (QED) is 0.802. The van der Waals surface area contributed by atoms with Crippen molar-refractivity contribution in [2.24, 2.45) is 0 Å². The van der Waals surface area contributed by atoms with Crippen LogP contribution in [0, 0.1) is 0 Å². The average molecular weight is 209 g/mol. The van der Waals surface area contributed by atoms with Gasteiger partial charge < -0.3 is 14.8 Å². The maximum atomic E-state index is 9.82. The molecule has 0 bridgehead atoms. The molecule has 1 heterocycles. The molecule has 1 saturated carbocycles. The van der Waals surface area contributed by atoms with Crippen LogP contribution < -0.4 is 5.32 Å². The second kappa shape index (κ2) is 4.81. The summed E-state index contributed by atoms with van der Waals surface area (Å²) in [5.41, 5.74) is 0. The molecule has 0 aromatic carbocycles. The minimum atomic E-state index is -0.198. The topological polar surface area (TPSA) is 45.4 Å². The molecule has 1 aromatic heterocycles. The Morgan fingerprint density at radius 1 is 1.47 bits per heavy atom. The Kier molecular flexibility index (Phi) is 3.44. The largest absolute Gasteiger partial charge is 0.468 e. The van der Waals surface area contributed by atoms with Gasteiger partial charge in [-0.25, -0.2) is 0 Å². The van der Waals surface area contributed by atoms with E-state index in [4.69, 9.17) is 4.42 Å². The zero-order valence-corrected chi connectivity index (χ0v) is 9.15. The molecule has 1 aromatic rings. The van der Waals surface area contributed by atoms with E-state index in [-0.39, 0.29) is 18.2 Å². The molecule has 0 saturated heterocycles. The molecule has 1 aliphatic carbocycles. The normalized spacial score (nSPS) is 28.9. The highest BCUT2D eigenvalue weighted by Crippen LogP contribution is 2.22. The SMILES string of the molecule is C[C@H](N[C@H]1CCCC[C@H]1O)c1ccco1. The lowest BCUT2D eigenvalue weighted by Gasteiger charge is -2.30. The third kappa shape index (κ3) is 2.61. The van der Waals surface area contributed by atoms with Gasteiger partial charge in [0.15, 0.2) is 0 Å². The molecule has 15 heavy (non-hydrogen) atoms. The number of nitrogens with one attached hydrogen (secondary N) is 1. The van der Waals surface area contributed by atoms with Crippen molar-refractivity contribution in [1.82, 2.24) is 5.32 Å². The van der Waals surface area contributed by atoms with Crippen LogP contribution in [0.3, 0.4) is 0 Å². The summed E-state index contributed by atoms with van der Waals surface area (Å²) < 4.78 is 5.33. The average Bonchev–Trinajstić information content (AvgIpc) is 2.74. The molecule has 1 aliphatic rings. The van der Waals surface area contributed by atoms with Crippen molar-refractivity contribution in [3.63, 3.8) is 0 Å². The Hall–Kier alpha value is -0.800. The number of aliphatic hydroxyl groups excluding tert-OH is 1. The second-order valence-corrected chi connectivity index (χ2v) is 4.36. The molecular formula is C12H19NO2. The summed E-state index contributed by atoms with van der Waals surface area (Å²) in [5, 5.41) is 13.2. The number of rotatable bonds is 3. The summed E-state index contributed by atoms with van der Waals surface area (Å²) >= 11 is 0. The van der Waals surface area contributed by atoms with Gasteiger partial charge in [-0.05, 0) is 31.9 Å². The van der Waals surface area contributed by atoms with E-state index >= 15 is 0 Å². The predicted molar refractivity (Wildman–Crippen MR) is 58.5 cm³/mol. The van der Waals surface area contributed by atoms with Crippen LogP contribution >= 0.6 is 0 Å². The Morgan fingerprint density at radius 2 is 2.27 bits per heavy atom. The Labute approximate surface area is 90.5 Å². The van der Waals surface area contributed by atoms with Crippen molar-refractivity contribution in [1.29, 1.82) is 0 Å².